The summed E-state index contributed by atoms with van der Waals surface area (Å²) in [4.78, 5) is 40.0. The first kappa shape index (κ1) is 22.4. The van der Waals surface area contributed by atoms with Gasteiger partial charge in [0, 0.05) is 30.9 Å². The molecule has 0 N–H and O–H groups in total. The van der Waals surface area contributed by atoms with Crippen molar-refractivity contribution < 1.29 is 19.1 Å². The van der Waals surface area contributed by atoms with Gasteiger partial charge in [0.15, 0.2) is 0 Å². The van der Waals surface area contributed by atoms with E-state index in [-0.39, 0.29) is 53.0 Å². The van der Waals surface area contributed by atoms with Gasteiger partial charge in [0.05, 0.1) is 12.0 Å². The van der Waals surface area contributed by atoms with Gasteiger partial charge in [-0.2, -0.15) is 5.26 Å². The Kier molecular flexibility index (Phi) is 5.71. The van der Waals surface area contributed by atoms with E-state index >= 15 is 0 Å². The number of rotatable bonds is 5. The van der Waals surface area contributed by atoms with Crippen LogP contribution in [0.4, 0.5) is 0 Å². The fourth-order valence-corrected chi connectivity index (χ4v) is 6.69. The second-order valence-corrected chi connectivity index (χ2v) is 11.1. The van der Waals surface area contributed by atoms with Crippen molar-refractivity contribution in [2.24, 2.45) is 35.0 Å². The molecule has 3 saturated carbocycles. The van der Waals surface area contributed by atoms with Crippen molar-refractivity contribution in [2.45, 2.75) is 77.7 Å². The van der Waals surface area contributed by atoms with Crippen LogP contribution in [0.25, 0.3) is 0 Å². The van der Waals surface area contributed by atoms with E-state index in [0.717, 1.165) is 50.5 Å². The molecule has 6 heteroatoms. The normalized spacial score (nSPS) is 35.9. The molecule has 0 spiro atoms. The molecule has 2 amide bonds. The zero-order chi connectivity index (χ0) is 23.3. The number of hydrogen-bond acceptors (Lipinski definition) is 5. The van der Waals surface area contributed by atoms with Crippen molar-refractivity contribution in [1.82, 2.24) is 4.90 Å². The molecule has 0 aromatic heterocycles. The number of ether oxygens (including phenoxy) is 1. The van der Waals surface area contributed by atoms with E-state index in [9.17, 15) is 19.6 Å². The first-order valence-corrected chi connectivity index (χ1v) is 12.7. The van der Waals surface area contributed by atoms with Crippen molar-refractivity contribution in [3.05, 3.63) is 23.3 Å². The number of esters is 1. The molecule has 1 unspecified atom stereocenters. The molecule has 6 nitrogen and oxygen atoms in total. The van der Waals surface area contributed by atoms with Gasteiger partial charge in [-0.25, -0.2) is 0 Å². The number of carbonyl (C=O) groups is 3. The molecule has 1 heterocycles. The maximum absolute atomic E-state index is 13.1. The first-order chi connectivity index (χ1) is 15.8. The van der Waals surface area contributed by atoms with E-state index < -0.39 is 0 Å². The average Bonchev–Trinajstić information content (AvgIpc) is 3.66. The number of allylic oxidation sites excluding steroid dienone is 2. The summed E-state index contributed by atoms with van der Waals surface area (Å²) < 4.78 is 6.14. The second kappa shape index (κ2) is 8.42. The molecule has 33 heavy (non-hydrogen) atoms. The Morgan fingerprint density at radius 1 is 1.21 bits per heavy atom. The van der Waals surface area contributed by atoms with Crippen LogP contribution in [0.1, 0.15) is 71.6 Å². The summed E-state index contributed by atoms with van der Waals surface area (Å²) in [6.07, 6.45) is 10.8. The minimum absolute atomic E-state index is 0.0101. The maximum atomic E-state index is 13.1. The van der Waals surface area contributed by atoms with Gasteiger partial charge in [0.1, 0.15) is 6.10 Å². The minimum atomic E-state index is -0.326. The lowest BCUT2D eigenvalue weighted by atomic mass is 9.51. The van der Waals surface area contributed by atoms with E-state index in [4.69, 9.17) is 4.74 Å². The first-order valence-electron chi connectivity index (χ1n) is 12.7. The molecule has 4 aliphatic carbocycles. The number of nitriles is 1. The zero-order valence-electron chi connectivity index (χ0n) is 19.7. The van der Waals surface area contributed by atoms with Gasteiger partial charge in [-0.3, -0.25) is 19.3 Å². The third-order valence-electron chi connectivity index (χ3n) is 8.90. The van der Waals surface area contributed by atoms with Crippen LogP contribution in [0.15, 0.2) is 23.3 Å². The second-order valence-electron chi connectivity index (χ2n) is 11.1. The van der Waals surface area contributed by atoms with Crippen LogP contribution >= 0.6 is 0 Å². The Hall–Kier alpha value is -2.42. The van der Waals surface area contributed by atoms with E-state index in [0.29, 0.717) is 25.3 Å². The van der Waals surface area contributed by atoms with E-state index in [1.165, 1.54) is 10.5 Å². The molecule has 176 valence electrons. The van der Waals surface area contributed by atoms with Crippen LogP contribution in [-0.2, 0) is 19.1 Å². The van der Waals surface area contributed by atoms with Gasteiger partial charge in [0.25, 0.3) is 5.91 Å². The van der Waals surface area contributed by atoms with Gasteiger partial charge in [-0.15, -0.1) is 0 Å². The highest BCUT2D eigenvalue weighted by Gasteiger charge is 2.55. The van der Waals surface area contributed by atoms with E-state index in [1.807, 2.05) is 0 Å². The summed E-state index contributed by atoms with van der Waals surface area (Å²) in [5, 5.41) is 9.23. The van der Waals surface area contributed by atoms with Gasteiger partial charge >= 0.3 is 5.97 Å². The molecule has 1 aliphatic heterocycles. The minimum Gasteiger partial charge on any atom is -0.458 e. The Morgan fingerprint density at radius 3 is 2.61 bits per heavy atom. The van der Waals surface area contributed by atoms with Crippen LogP contribution < -0.4 is 0 Å². The standard InChI is InChI=1S/C27H34N2O4/c1-16-14-22(33-26(32)18-7-8-18)24-21(20(16)4-3-12-28)10-9-19-15-23(30)29(13-11-27(19,24)2)25(31)17-5-6-17/h14-15,17-18,20-22,24H,3-11,13H2,1-2H3/t20-,21+,22?,24-,27+/m1/s1. The molecule has 5 rings (SSSR count). The molecular weight excluding hydrogens is 416 g/mol. The lowest BCUT2D eigenvalue weighted by molar-refractivity contribution is -0.156. The highest BCUT2D eigenvalue weighted by molar-refractivity contribution is 6.03. The molecule has 0 aromatic rings. The Balaban J connectivity index is 1.49. The lowest BCUT2D eigenvalue weighted by Gasteiger charge is -2.54. The Morgan fingerprint density at radius 2 is 1.94 bits per heavy atom. The number of carbonyl (C=O) groups excluding carboxylic acids is 3. The van der Waals surface area contributed by atoms with Gasteiger partial charge in [-0.05, 0) is 81.6 Å². The number of imide groups is 1. The zero-order valence-corrected chi connectivity index (χ0v) is 19.7. The number of hydrogen-bond donors (Lipinski definition) is 0. The summed E-state index contributed by atoms with van der Waals surface area (Å²) in [6.45, 7) is 4.74. The van der Waals surface area contributed by atoms with Gasteiger partial charge < -0.3 is 4.74 Å². The highest BCUT2D eigenvalue weighted by atomic mass is 16.5. The molecule has 0 bridgehead atoms. The fourth-order valence-electron chi connectivity index (χ4n) is 6.69. The average molecular weight is 451 g/mol. The topological polar surface area (TPSA) is 87.5 Å². The predicted molar refractivity (Wildman–Crippen MR) is 121 cm³/mol. The van der Waals surface area contributed by atoms with Crippen molar-refractivity contribution in [1.29, 1.82) is 5.26 Å². The third kappa shape index (κ3) is 4.05. The van der Waals surface area contributed by atoms with E-state index in [1.54, 1.807) is 6.08 Å². The summed E-state index contributed by atoms with van der Waals surface area (Å²) in [5.74, 6) is 0.357. The smallest absolute Gasteiger partial charge is 0.309 e. The van der Waals surface area contributed by atoms with Crippen LogP contribution in [0.2, 0.25) is 0 Å². The van der Waals surface area contributed by atoms with Crippen molar-refractivity contribution in [3.8, 4) is 6.07 Å². The molecular formula is C27H34N2O4. The van der Waals surface area contributed by atoms with Gasteiger partial charge in [-0.1, -0.05) is 18.1 Å². The van der Waals surface area contributed by atoms with Crippen molar-refractivity contribution >= 4 is 17.8 Å². The SMILES string of the molecule is CC1=CC(OC(=O)C2CC2)[C@H]2[C@@H](CCC3=CC(=O)N(C(=O)C4CC4)CC[C@@]32C)[C@@H]1CCC#N. The quantitative estimate of drug-likeness (QED) is 0.354. The summed E-state index contributed by atoms with van der Waals surface area (Å²) in [6, 6.07) is 2.30. The molecule has 5 atom stereocenters. The number of fused-ring (bicyclic) bond motifs is 3. The van der Waals surface area contributed by atoms with Crippen LogP contribution in [0.5, 0.6) is 0 Å². The van der Waals surface area contributed by atoms with Crippen LogP contribution in [0.3, 0.4) is 0 Å². The Bertz CT molecular complexity index is 967. The predicted octanol–water partition coefficient (Wildman–Crippen LogP) is 4.32. The molecule has 0 aromatic carbocycles. The number of nitrogens with zero attached hydrogens (tertiary/aromatic N) is 2. The maximum Gasteiger partial charge on any atom is 0.309 e. The van der Waals surface area contributed by atoms with Crippen LogP contribution in [-0.4, -0.2) is 35.3 Å². The molecule has 5 aliphatic rings. The van der Waals surface area contributed by atoms with Crippen molar-refractivity contribution in [3.63, 3.8) is 0 Å². The largest absolute Gasteiger partial charge is 0.458 e. The monoisotopic (exact) mass is 450 g/mol. The van der Waals surface area contributed by atoms with Gasteiger partial charge in [0.2, 0.25) is 5.91 Å². The summed E-state index contributed by atoms with van der Waals surface area (Å²) in [7, 11) is 0. The third-order valence-corrected chi connectivity index (χ3v) is 8.90. The fraction of sp³-hybridized carbons (Fsp3) is 0.704. The summed E-state index contributed by atoms with van der Waals surface area (Å²) in [5.41, 5.74) is 1.99. The summed E-state index contributed by atoms with van der Waals surface area (Å²) >= 11 is 0. The Labute approximate surface area is 196 Å². The molecule has 0 saturated heterocycles. The van der Waals surface area contributed by atoms with E-state index in [2.05, 4.69) is 26.0 Å². The van der Waals surface area contributed by atoms with Crippen molar-refractivity contribution in [2.75, 3.05) is 6.54 Å². The lowest BCUT2D eigenvalue weighted by Crippen LogP contribution is -2.51. The van der Waals surface area contributed by atoms with Crippen LogP contribution in [0, 0.1) is 46.3 Å². The number of amides is 2. The highest BCUT2D eigenvalue weighted by Crippen LogP contribution is 2.58. The molecule has 3 fully saturated rings. The molecule has 0 radical (unpaired) electrons.